The molecule has 6 heteroatoms. The fraction of sp³-hybridized carbons (Fsp3) is 0.250. The van der Waals surface area contributed by atoms with E-state index in [4.69, 9.17) is 15.3 Å². The van der Waals surface area contributed by atoms with E-state index in [0.29, 0.717) is 0 Å². The number of ketones is 3. The topological polar surface area (TPSA) is 112 Å². The van der Waals surface area contributed by atoms with E-state index in [9.17, 15) is 14.4 Å². The molecule has 0 spiro atoms. The number of aromatic hydroxyl groups is 3. The summed E-state index contributed by atoms with van der Waals surface area (Å²) >= 11 is 0. The molecule has 3 N–H and O–H groups in total. The summed E-state index contributed by atoms with van der Waals surface area (Å²) in [6.07, 6.45) is -0.108. The average Bonchev–Trinajstić information content (AvgIpc) is 2.12. The van der Waals surface area contributed by atoms with Crippen LogP contribution >= 0.6 is 0 Å². The number of carbonyl (C=O) groups is 3. The van der Waals surface area contributed by atoms with E-state index in [-0.39, 0.29) is 53.9 Å². The van der Waals surface area contributed by atoms with Crippen LogP contribution in [0.5, 0.6) is 17.2 Å². The van der Waals surface area contributed by atoms with E-state index in [1.807, 2.05) is 0 Å². The van der Waals surface area contributed by atoms with Gasteiger partial charge >= 0.3 is 0 Å². The minimum atomic E-state index is -0.240. The second kappa shape index (κ2) is 5.81. The molecule has 1 aliphatic rings. The largest absolute Gasteiger partial charge is 0.508 e. The third-order valence-electron chi connectivity index (χ3n) is 2.07. The van der Waals surface area contributed by atoms with Gasteiger partial charge in [0.1, 0.15) is 34.6 Å². The first-order valence-electron chi connectivity index (χ1n) is 5.14. The Labute approximate surface area is 102 Å². The van der Waals surface area contributed by atoms with Gasteiger partial charge in [-0.2, -0.15) is 0 Å². The Hall–Kier alpha value is -2.37. The van der Waals surface area contributed by atoms with E-state index < -0.39 is 0 Å². The van der Waals surface area contributed by atoms with Crippen molar-refractivity contribution in [3.63, 3.8) is 0 Å². The van der Waals surface area contributed by atoms with E-state index in [2.05, 4.69) is 0 Å². The molecule has 1 aromatic carbocycles. The maximum absolute atomic E-state index is 10.4. The summed E-state index contributed by atoms with van der Waals surface area (Å²) in [5.41, 5.74) is 0. The van der Waals surface area contributed by atoms with Crippen LogP contribution in [0, 0.1) is 0 Å². The van der Waals surface area contributed by atoms with Crippen molar-refractivity contribution in [2.45, 2.75) is 19.3 Å². The van der Waals surface area contributed by atoms with E-state index >= 15 is 0 Å². The molecular formula is C12H12O6. The minimum absolute atomic E-state index is 0.0360. The average molecular weight is 252 g/mol. The number of phenolic OH excluding ortho intramolecular Hbond substituents is 3. The Morgan fingerprint density at radius 2 is 0.833 bits per heavy atom. The van der Waals surface area contributed by atoms with Gasteiger partial charge < -0.3 is 15.3 Å². The van der Waals surface area contributed by atoms with Crippen molar-refractivity contribution in [3.05, 3.63) is 18.2 Å². The number of benzene rings is 1. The van der Waals surface area contributed by atoms with Crippen molar-refractivity contribution >= 4 is 17.3 Å². The monoisotopic (exact) mass is 252 g/mol. The van der Waals surface area contributed by atoms with E-state index in [1.165, 1.54) is 0 Å². The third-order valence-corrected chi connectivity index (χ3v) is 2.07. The first kappa shape index (κ1) is 13.7. The molecule has 0 atom stereocenters. The molecule has 0 saturated heterocycles. The number of Topliss-reactive ketones (excluding diaryl/α,β-unsaturated/α-hetero) is 3. The highest BCUT2D eigenvalue weighted by Gasteiger charge is 2.22. The van der Waals surface area contributed by atoms with Gasteiger partial charge in [0.25, 0.3) is 0 Å². The molecule has 0 radical (unpaired) electrons. The zero-order valence-electron chi connectivity index (χ0n) is 9.42. The fourth-order valence-electron chi connectivity index (χ4n) is 1.43. The summed E-state index contributed by atoms with van der Waals surface area (Å²) < 4.78 is 0. The van der Waals surface area contributed by atoms with Gasteiger partial charge in [0, 0.05) is 18.2 Å². The van der Waals surface area contributed by atoms with Gasteiger partial charge in [-0.3, -0.25) is 14.4 Å². The molecule has 1 fully saturated rings. The lowest BCUT2D eigenvalue weighted by Crippen LogP contribution is -2.21. The molecule has 1 aliphatic carbocycles. The summed E-state index contributed by atoms with van der Waals surface area (Å²) in [6.45, 7) is 0. The van der Waals surface area contributed by atoms with Crippen LogP contribution in [0.15, 0.2) is 18.2 Å². The highest BCUT2D eigenvalue weighted by molar-refractivity contribution is 6.18. The maximum Gasteiger partial charge on any atom is 0.147 e. The van der Waals surface area contributed by atoms with Crippen LogP contribution in [-0.4, -0.2) is 32.7 Å². The first-order chi connectivity index (χ1) is 8.36. The Morgan fingerprint density at radius 3 is 1.06 bits per heavy atom. The van der Waals surface area contributed by atoms with Gasteiger partial charge in [-0.1, -0.05) is 0 Å². The molecule has 0 aliphatic heterocycles. The molecule has 1 aromatic rings. The van der Waals surface area contributed by atoms with Gasteiger partial charge in [0.05, 0.1) is 19.3 Å². The molecule has 6 nitrogen and oxygen atoms in total. The zero-order chi connectivity index (χ0) is 13.7. The van der Waals surface area contributed by atoms with Crippen LogP contribution in [-0.2, 0) is 14.4 Å². The summed E-state index contributed by atoms with van der Waals surface area (Å²) in [4.78, 5) is 31.3. The highest BCUT2D eigenvalue weighted by Crippen LogP contribution is 2.23. The van der Waals surface area contributed by atoms with Crippen LogP contribution in [0.1, 0.15) is 19.3 Å². The second-order valence-electron chi connectivity index (χ2n) is 3.85. The summed E-state index contributed by atoms with van der Waals surface area (Å²) in [6, 6.07) is 3.42. The van der Waals surface area contributed by atoms with Crippen LogP contribution in [0.4, 0.5) is 0 Å². The van der Waals surface area contributed by atoms with E-state index in [1.54, 1.807) is 0 Å². The summed E-state index contributed by atoms with van der Waals surface area (Å²) in [7, 11) is 0. The number of phenols is 3. The maximum atomic E-state index is 10.4. The lowest BCUT2D eigenvalue weighted by Gasteiger charge is -2.04. The van der Waals surface area contributed by atoms with Gasteiger partial charge in [0.2, 0.25) is 0 Å². The fourth-order valence-corrected chi connectivity index (χ4v) is 1.43. The number of hydrogen-bond donors (Lipinski definition) is 3. The van der Waals surface area contributed by atoms with Gasteiger partial charge in [-0.05, 0) is 0 Å². The van der Waals surface area contributed by atoms with Crippen molar-refractivity contribution in [3.8, 4) is 17.2 Å². The Balaban J connectivity index is 0.000000180. The molecule has 2 rings (SSSR count). The van der Waals surface area contributed by atoms with Gasteiger partial charge in [0.15, 0.2) is 0 Å². The van der Waals surface area contributed by atoms with Crippen molar-refractivity contribution in [1.29, 1.82) is 0 Å². The van der Waals surface area contributed by atoms with Crippen LogP contribution in [0.25, 0.3) is 0 Å². The van der Waals surface area contributed by atoms with Gasteiger partial charge in [-0.25, -0.2) is 0 Å². The molecular weight excluding hydrogens is 240 g/mol. The van der Waals surface area contributed by atoms with Gasteiger partial charge in [-0.15, -0.1) is 0 Å². The van der Waals surface area contributed by atoms with Crippen molar-refractivity contribution in [2.75, 3.05) is 0 Å². The Kier molecular flexibility index (Phi) is 4.42. The second-order valence-corrected chi connectivity index (χ2v) is 3.85. The standard InChI is InChI=1S/2C6H6O3/c2*7-4-1-5(8)3-6(9)2-4/h1-3H2;1-3,7-9H. The minimum Gasteiger partial charge on any atom is -0.508 e. The Bertz CT molecular complexity index is 396. The molecule has 1 saturated carbocycles. The molecule has 0 aromatic heterocycles. The normalized spacial score (nSPS) is 15.0. The molecule has 0 bridgehead atoms. The molecule has 0 heterocycles. The number of hydrogen-bond acceptors (Lipinski definition) is 6. The molecule has 96 valence electrons. The number of carbonyl (C=O) groups excluding carboxylic acids is 3. The Morgan fingerprint density at radius 1 is 0.611 bits per heavy atom. The lowest BCUT2D eigenvalue weighted by molar-refractivity contribution is -0.136. The first-order valence-corrected chi connectivity index (χ1v) is 5.14. The predicted octanol–water partition coefficient (Wildman–Crippen LogP) is 0.681. The van der Waals surface area contributed by atoms with Crippen LogP contribution < -0.4 is 0 Å². The highest BCUT2D eigenvalue weighted by atomic mass is 16.3. The summed E-state index contributed by atoms with van der Waals surface area (Å²) in [5.74, 6) is -1.16. The smallest absolute Gasteiger partial charge is 0.147 e. The molecule has 18 heavy (non-hydrogen) atoms. The third kappa shape index (κ3) is 4.65. The van der Waals surface area contributed by atoms with Crippen molar-refractivity contribution in [1.82, 2.24) is 0 Å². The van der Waals surface area contributed by atoms with E-state index in [0.717, 1.165) is 18.2 Å². The quantitative estimate of drug-likeness (QED) is 0.585. The SMILES string of the molecule is O=C1CC(=O)CC(=O)C1.Oc1cc(O)cc(O)c1. The van der Waals surface area contributed by atoms with Crippen LogP contribution in [0.3, 0.4) is 0 Å². The molecule has 0 amide bonds. The van der Waals surface area contributed by atoms with Crippen molar-refractivity contribution in [2.24, 2.45) is 0 Å². The van der Waals surface area contributed by atoms with Crippen LogP contribution in [0.2, 0.25) is 0 Å². The summed E-state index contributed by atoms with van der Waals surface area (Å²) in [5, 5.41) is 26.0. The predicted molar refractivity (Wildman–Crippen MR) is 60.3 cm³/mol. The van der Waals surface area contributed by atoms with Crippen molar-refractivity contribution < 1.29 is 29.7 Å². The zero-order valence-corrected chi connectivity index (χ0v) is 9.42. The number of rotatable bonds is 0. The lowest BCUT2D eigenvalue weighted by atomic mass is 9.97. The molecule has 0 unspecified atom stereocenters.